The Labute approximate surface area is 192 Å². The zero-order valence-electron chi connectivity index (χ0n) is 18.8. The van der Waals surface area contributed by atoms with Crippen molar-refractivity contribution in [1.82, 2.24) is 10.2 Å². The van der Waals surface area contributed by atoms with Crippen molar-refractivity contribution in [2.75, 3.05) is 37.1 Å². The van der Waals surface area contributed by atoms with Crippen LogP contribution in [0.15, 0.2) is 36.4 Å². The van der Waals surface area contributed by atoms with Crippen LogP contribution in [0.25, 0.3) is 0 Å². The van der Waals surface area contributed by atoms with E-state index in [-0.39, 0.29) is 31.1 Å². The van der Waals surface area contributed by atoms with Gasteiger partial charge in [0.05, 0.1) is 6.54 Å². The van der Waals surface area contributed by atoms with Gasteiger partial charge < -0.3 is 20.1 Å². The smallest absolute Gasteiger partial charge is 0.325 e. The van der Waals surface area contributed by atoms with E-state index in [2.05, 4.69) is 16.0 Å². The highest BCUT2D eigenvalue weighted by atomic mass is 16.7. The van der Waals surface area contributed by atoms with Crippen molar-refractivity contribution in [1.29, 1.82) is 0 Å². The fraction of sp³-hybridized carbons (Fsp3) is 0.375. The van der Waals surface area contributed by atoms with Gasteiger partial charge in [-0.2, -0.15) is 0 Å². The van der Waals surface area contributed by atoms with Crippen LogP contribution in [0.3, 0.4) is 0 Å². The summed E-state index contributed by atoms with van der Waals surface area (Å²) in [5.41, 5.74) is 3.36. The molecule has 2 aromatic carbocycles. The number of fused-ring (bicyclic) bond motifs is 1. The topological polar surface area (TPSA) is 109 Å². The number of likely N-dealkylation sites (tertiary alicyclic amines) is 1. The van der Waals surface area contributed by atoms with E-state index < -0.39 is 6.03 Å². The Hall–Kier alpha value is -3.59. The zero-order valence-corrected chi connectivity index (χ0v) is 18.8. The minimum Gasteiger partial charge on any atom is -0.454 e. The Morgan fingerprint density at radius 3 is 2.55 bits per heavy atom. The number of ether oxygens (including phenoxy) is 2. The minimum absolute atomic E-state index is 0.0501. The second-order valence-electron chi connectivity index (χ2n) is 8.36. The lowest BCUT2D eigenvalue weighted by Crippen LogP contribution is -2.45. The molecule has 1 saturated heterocycles. The van der Waals surface area contributed by atoms with E-state index in [0.717, 1.165) is 11.1 Å². The Balaban J connectivity index is 1.20. The van der Waals surface area contributed by atoms with Crippen molar-refractivity contribution in [3.8, 4) is 11.5 Å². The van der Waals surface area contributed by atoms with Crippen LogP contribution in [-0.4, -0.2) is 49.2 Å². The van der Waals surface area contributed by atoms with E-state index in [1.54, 1.807) is 24.3 Å². The van der Waals surface area contributed by atoms with Crippen molar-refractivity contribution in [2.45, 2.75) is 26.7 Å². The molecule has 9 heteroatoms. The van der Waals surface area contributed by atoms with Crippen molar-refractivity contribution in [3.63, 3.8) is 0 Å². The van der Waals surface area contributed by atoms with Crippen molar-refractivity contribution in [3.05, 3.63) is 47.5 Å². The van der Waals surface area contributed by atoms with E-state index in [1.807, 2.05) is 30.9 Å². The summed E-state index contributed by atoms with van der Waals surface area (Å²) in [6.45, 7) is 5.38. The molecule has 0 spiro atoms. The maximum absolute atomic E-state index is 12.6. The first-order valence-electron chi connectivity index (χ1n) is 11.0. The fourth-order valence-electron chi connectivity index (χ4n) is 3.98. The number of anilines is 2. The first-order valence-corrected chi connectivity index (χ1v) is 11.0. The van der Waals surface area contributed by atoms with Gasteiger partial charge >= 0.3 is 6.03 Å². The molecule has 0 aliphatic carbocycles. The van der Waals surface area contributed by atoms with Gasteiger partial charge in [0.1, 0.15) is 0 Å². The standard InChI is InChI=1S/C24H28N4O5/c1-15-4-3-5-19(16(15)2)26-24(31)27-22(29)13-28-10-8-17(9-11-28)23(30)25-18-6-7-20-21(12-18)33-14-32-20/h3-7,12,17H,8-11,13-14H2,1-2H3,(H,25,30)(H2,26,27,29,31). The molecule has 4 amide bonds. The maximum atomic E-state index is 12.6. The summed E-state index contributed by atoms with van der Waals surface area (Å²) in [6.07, 6.45) is 1.27. The number of urea groups is 1. The molecule has 3 N–H and O–H groups in total. The van der Waals surface area contributed by atoms with Gasteiger partial charge in [-0.15, -0.1) is 0 Å². The van der Waals surface area contributed by atoms with Gasteiger partial charge in [-0.05, 0) is 69.1 Å². The molecule has 4 rings (SSSR count). The molecule has 2 aromatic rings. The van der Waals surface area contributed by atoms with E-state index in [1.165, 1.54) is 0 Å². The molecule has 2 aliphatic rings. The molecule has 0 radical (unpaired) electrons. The Morgan fingerprint density at radius 2 is 1.76 bits per heavy atom. The van der Waals surface area contributed by atoms with Crippen LogP contribution in [0.4, 0.5) is 16.2 Å². The van der Waals surface area contributed by atoms with Crippen molar-refractivity contribution >= 4 is 29.2 Å². The Kier molecular flexibility index (Phi) is 6.79. The average Bonchev–Trinajstić information content (AvgIpc) is 3.25. The van der Waals surface area contributed by atoms with Gasteiger partial charge in [0.2, 0.25) is 18.6 Å². The molecular weight excluding hydrogens is 424 g/mol. The summed E-state index contributed by atoms with van der Waals surface area (Å²) in [7, 11) is 0. The molecule has 0 aromatic heterocycles. The number of rotatable bonds is 5. The van der Waals surface area contributed by atoms with Gasteiger partial charge in [0.15, 0.2) is 11.5 Å². The number of nitrogens with zero attached hydrogens (tertiary/aromatic N) is 1. The predicted octanol–water partition coefficient (Wildman–Crippen LogP) is 3.03. The molecule has 33 heavy (non-hydrogen) atoms. The summed E-state index contributed by atoms with van der Waals surface area (Å²) in [4.78, 5) is 39.1. The van der Waals surface area contributed by atoms with Crippen LogP contribution in [0.2, 0.25) is 0 Å². The lowest BCUT2D eigenvalue weighted by molar-refractivity contribution is -0.122. The number of nitrogens with one attached hydrogen (secondary N) is 3. The third-order valence-corrected chi connectivity index (χ3v) is 6.07. The second kappa shape index (κ2) is 9.91. The number of aryl methyl sites for hydroxylation is 1. The Bertz CT molecular complexity index is 1060. The number of carbonyl (C=O) groups excluding carboxylic acids is 3. The van der Waals surface area contributed by atoms with Gasteiger partial charge in [-0.1, -0.05) is 12.1 Å². The number of hydrogen-bond acceptors (Lipinski definition) is 6. The molecule has 174 valence electrons. The first kappa shape index (κ1) is 22.6. The van der Waals surface area contributed by atoms with E-state index in [9.17, 15) is 14.4 Å². The lowest BCUT2D eigenvalue weighted by atomic mass is 9.96. The quantitative estimate of drug-likeness (QED) is 0.644. The highest BCUT2D eigenvalue weighted by Gasteiger charge is 2.27. The number of hydrogen-bond donors (Lipinski definition) is 3. The fourth-order valence-corrected chi connectivity index (χ4v) is 3.98. The molecule has 0 atom stereocenters. The number of imide groups is 1. The van der Waals surface area contributed by atoms with Gasteiger partial charge in [-0.3, -0.25) is 19.8 Å². The van der Waals surface area contributed by atoms with Crippen molar-refractivity contribution in [2.24, 2.45) is 5.92 Å². The monoisotopic (exact) mass is 452 g/mol. The van der Waals surface area contributed by atoms with Crippen LogP contribution in [0, 0.1) is 19.8 Å². The van der Waals surface area contributed by atoms with Crippen LogP contribution >= 0.6 is 0 Å². The normalized spacial score (nSPS) is 15.7. The first-order chi connectivity index (χ1) is 15.9. The third-order valence-electron chi connectivity index (χ3n) is 6.07. The average molecular weight is 453 g/mol. The molecule has 0 unspecified atom stereocenters. The second-order valence-corrected chi connectivity index (χ2v) is 8.36. The van der Waals surface area contributed by atoms with E-state index in [4.69, 9.17) is 9.47 Å². The van der Waals surface area contributed by atoms with Crippen LogP contribution in [0.1, 0.15) is 24.0 Å². The summed E-state index contributed by atoms with van der Waals surface area (Å²) in [6, 6.07) is 10.4. The van der Waals surface area contributed by atoms with Crippen LogP contribution in [0.5, 0.6) is 11.5 Å². The molecule has 2 heterocycles. The molecule has 0 bridgehead atoms. The van der Waals surface area contributed by atoms with Gasteiger partial charge in [-0.25, -0.2) is 4.79 Å². The molecule has 2 aliphatic heterocycles. The molecule has 9 nitrogen and oxygen atoms in total. The number of carbonyl (C=O) groups is 3. The highest BCUT2D eigenvalue weighted by molar-refractivity contribution is 6.02. The van der Waals surface area contributed by atoms with Gasteiger partial charge in [0.25, 0.3) is 0 Å². The molecule has 1 fully saturated rings. The number of benzene rings is 2. The maximum Gasteiger partial charge on any atom is 0.325 e. The van der Waals surface area contributed by atoms with E-state index in [0.29, 0.717) is 48.8 Å². The summed E-state index contributed by atoms with van der Waals surface area (Å²) >= 11 is 0. The third kappa shape index (κ3) is 5.61. The zero-order chi connectivity index (χ0) is 23.4. The molecule has 0 saturated carbocycles. The predicted molar refractivity (Wildman–Crippen MR) is 123 cm³/mol. The van der Waals surface area contributed by atoms with Crippen molar-refractivity contribution < 1.29 is 23.9 Å². The number of piperidine rings is 1. The number of amides is 4. The summed E-state index contributed by atoms with van der Waals surface area (Å²) in [5.74, 6) is 0.728. The van der Waals surface area contributed by atoms with E-state index >= 15 is 0 Å². The Morgan fingerprint density at radius 1 is 1.00 bits per heavy atom. The lowest BCUT2D eigenvalue weighted by Gasteiger charge is -2.30. The van der Waals surface area contributed by atoms with Crippen LogP contribution in [-0.2, 0) is 9.59 Å². The molecular formula is C24H28N4O5. The SMILES string of the molecule is Cc1cccc(NC(=O)NC(=O)CN2CCC(C(=O)Nc3ccc4c(c3)OCO4)CC2)c1C. The summed E-state index contributed by atoms with van der Waals surface area (Å²) < 4.78 is 10.6. The van der Waals surface area contributed by atoms with Crippen LogP contribution < -0.4 is 25.4 Å². The van der Waals surface area contributed by atoms with Gasteiger partial charge in [0, 0.05) is 23.4 Å². The highest BCUT2D eigenvalue weighted by Crippen LogP contribution is 2.34. The summed E-state index contributed by atoms with van der Waals surface area (Å²) in [5, 5.41) is 8.03. The largest absolute Gasteiger partial charge is 0.454 e. The minimum atomic E-state index is -0.549.